The van der Waals surface area contributed by atoms with Gasteiger partial charge in [0.15, 0.2) is 5.78 Å². The van der Waals surface area contributed by atoms with E-state index in [4.69, 9.17) is 26.8 Å². The molecule has 0 spiro atoms. The van der Waals surface area contributed by atoms with Gasteiger partial charge < -0.3 is 15.2 Å². The summed E-state index contributed by atoms with van der Waals surface area (Å²) < 4.78 is 11.4. The lowest BCUT2D eigenvalue weighted by Gasteiger charge is -2.44. The summed E-state index contributed by atoms with van der Waals surface area (Å²) in [6.45, 7) is 10.5. The van der Waals surface area contributed by atoms with Crippen molar-refractivity contribution in [2.75, 3.05) is 12.0 Å². The molecule has 1 atom stereocenters. The Morgan fingerprint density at radius 2 is 1.74 bits per heavy atom. The molecule has 1 heterocycles. The highest BCUT2D eigenvalue weighted by molar-refractivity contribution is 6.31. The fourth-order valence-corrected chi connectivity index (χ4v) is 6.32. The molecule has 0 aromatic heterocycles. The molecule has 3 aromatic carbocycles. The van der Waals surface area contributed by atoms with E-state index in [1.165, 1.54) is 0 Å². The summed E-state index contributed by atoms with van der Waals surface area (Å²) >= 11 is 6.53. The summed E-state index contributed by atoms with van der Waals surface area (Å²) in [7, 11) is 1.63. The third kappa shape index (κ3) is 5.26. The van der Waals surface area contributed by atoms with Gasteiger partial charge in [-0.2, -0.15) is 5.26 Å². The Balaban J connectivity index is 1.65. The van der Waals surface area contributed by atoms with Gasteiger partial charge in [0.1, 0.15) is 23.9 Å². The molecule has 0 saturated carbocycles. The Bertz CT molecular complexity index is 1680. The molecule has 5 rings (SSSR count). The number of allylic oxidation sites excluding steroid dienone is 3. The van der Waals surface area contributed by atoms with Crippen LogP contribution in [0.25, 0.3) is 0 Å². The van der Waals surface area contributed by atoms with Gasteiger partial charge in [-0.1, -0.05) is 43.6 Å². The first kappa shape index (κ1) is 29.3. The van der Waals surface area contributed by atoms with E-state index < -0.39 is 5.92 Å². The van der Waals surface area contributed by atoms with Crippen molar-refractivity contribution in [1.29, 1.82) is 5.26 Å². The number of Topliss-reactive ketones (excluding diaryl/α,β-unsaturated/α-hetero) is 1. The average molecular weight is 582 g/mol. The van der Waals surface area contributed by atoms with E-state index in [0.29, 0.717) is 41.4 Å². The van der Waals surface area contributed by atoms with Crippen LogP contribution in [0.2, 0.25) is 5.02 Å². The van der Waals surface area contributed by atoms with Gasteiger partial charge in [-0.25, -0.2) is 0 Å². The Morgan fingerprint density at radius 1 is 1.05 bits per heavy atom. The second-order valence-electron chi connectivity index (χ2n) is 12.0. The van der Waals surface area contributed by atoms with Gasteiger partial charge >= 0.3 is 0 Å². The number of methoxy groups -OCH3 is 1. The monoisotopic (exact) mass is 581 g/mol. The van der Waals surface area contributed by atoms with Gasteiger partial charge in [0, 0.05) is 22.7 Å². The van der Waals surface area contributed by atoms with E-state index in [-0.39, 0.29) is 11.2 Å². The highest BCUT2D eigenvalue weighted by Crippen LogP contribution is 2.51. The molecule has 1 unspecified atom stereocenters. The van der Waals surface area contributed by atoms with E-state index >= 15 is 0 Å². The smallest absolute Gasteiger partial charge is 0.162 e. The molecular formula is C35H36ClN3O3. The molecule has 0 amide bonds. The summed E-state index contributed by atoms with van der Waals surface area (Å²) in [5.74, 6) is 1.26. The van der Waals surface area contributed by atoms with Crippen LogP contribution in [0.15, 0.2) is 77.3 Å². The fourth-order valence-electron chi connectivity index (χ4n) is 6.15. The number of anilines is 1. The molecule has 1 aliphatic carbocycles. The normalized spacial score (nSPS) is 18.1. The predicted molar refractivity (Wildman–Crippen MR) is 167 cm³/mol. The van der Waals surface area contributed by atoms with Crippen molar-refractivity contribution in [3.8, 4) is 17.6 Å². The molecule has 1 aliphatic heterocycles. The number of halogens is 1. The highest BCUT2D eigenvalue weighted by atomic mass is 35.5. The first-order valence-electron chi connectivity index (χ1n) is 14.0. The van der Waals surface area contributed by atoms with Gasteiger partial charge in [0.25, 0.3) is 0 Å². The summed E-state index contributed by atoms with van der Waals surface area (Å²) in [5, 5.41) is 11.2. The number of benzene rings is 3. The predicted octanol–water partition coefficient (Wildman–Crippen LogP) is 7.79. The van der Waals surface area contributed by atoms with Gasteiger partial charge in [0.05, 0.1) is 30.4 Å². The summed E-state index contributed by atoms with van der Waals surface area (Å²) in [6, 6.07) is 19.6. The molecule has 2 aliphatic rings. The molecule has 2 N–H and O–H groups in total. The lowest BCUT2D eigenvalue weighted by Crippen LogP contribution is -2.42. The lowest BCUT2D eigenvalue weighted by molar-refractivity contribution is -0.118. The number of hydrogen-bond donors (Lipinski definition) is 1. The second-order valence-corrected chi connectivity index (χ2v) is 12.4. The third-order valence-electron chi connectivity index (χ3n) is 8.35. The molecule has 7 heteroatoms. The number of ketones is 1. The van der Waals surface area contributed by atoms with Crippen LogP contribution < -0.4 is 20.1 Å². The van der Waals surface area contributed by atoms with E-state index in [0.717, 1.165) is 50.7 Å². The first-order valence-corrected chi connectivity index (χ1v) is 14.4. The molecule has 0 radical (unpaired) electrons. The molecule has 216 valence electrons. The third-order valence-corrected chi connectivity index (χ3v) is 8.76. The molecule has 42 heavy (non-hydrogen) atoms. The Morgan fingerprint density at radius 3 is 2.40 bits per heavy atom. The van der Waals surface area contributed by atoms with Crippen molar-refractivity contribution in [3.05, 3.63) is 110 Å². The summed E-state index contributed by atoms with van der Waals surface area (Å²) in [4.78, 5) is 15.9. The molecule has 0 saturated heterocycles. The molecular weight excluding hydrogens is 546 g/mol. The zero-order chi connectivity index (χ0) is 30.3. The number of nitrogens with two attached hydrogens (primary N) is 1. The number of hydrogen-bond acceptors (Lipinski definition) is 6. The van der Waals surface area contributed by atoms with Gasteiger partial charge in [-0.15, -0.1) is 0 Å². The Kier molecular flexibility index (Phi) is 7.83. The van der Waals surface area contributed by atoms with Crippen LogP contribution in [-0.2, 0) is 11.4 Å². The van der Waals surface area contributed by atoms with Crippen molar-refractivity contribution in [2.24, 2.45) is 11.1 Å². The fraction of sp³-hybridized carbons (Fsp3) is 0.314. The quantitative estimate of drug-likeness (QED) is 0.319. The molecule has 0 fully saturated rings. The second kappa shape index (κ2) is 11.2. The molecule has 6 nitrogen and oxygen atoms in total. The van der Waals surface area contributed by atoms with Crippen LogP contribution in [-0.4, -0.2) is 12.9 Å². The van der Waals surface area contributed by atoms with Gasteiger partial charge in [-0.3, -0.25) is 9.69 Å². The maximum Gasteiger partial charge on any atom is 0.162 e. The number of aryl methyl sites for hydroxylation is 2. The van der Waals surface area contributed by atoms with Crippen molar-refractivity contribution < 1.29 is 14.3 Å². The van der Waals surface area contributed by atoms with Crippen molar-refractivity contribution >= 4 is 23.1 Å². The number of carbonyl (C=O) groups is 1. The number of carbonyl (C=O) groups excluding carboxylic acids is 1. The maximum absolute atomic E-state index is 14.0. The molecule has 3 aromatic rings. The van der Waals surface area contributed by atoms with Crippen molar-refractivity contribution in [3.63, 3.8) is 0 Å². The van der Waals surface area contributed by atoms with E-state index in [9.17, 15) is 10.1 Å². The SMILES string of the molecule is COc1ccc(OCc2cc(C3C(C#N)=C(N)N(c4cccc(Cl)c4C)C4=C3C(=O)CC(C)(C)C4)c(C)cc2C)cc1. The minimum absolute atomic E-state index is 0.0344. The zero-order valence-electron chi connectivity index (χ0n) is 25.0. The van der Waals surface area contributed by atoms with Crippen LogP contribution in [0.4, 0.5) is 5.69 Å². The number of nitriles is 1. The largest absolute Gasteiger partial charge is 0.497 e. The van der Waals surface area contributed by atoms with Crippen LogP contribution >= 0.6 is 11.6 Å². The standard InChI is InChI=1S/C35H36ClN3O3/c1-20-14-21(2)26(15-23(20)19-42-25-12-10-24(41-6)11-13-25)32-27(18-37)34(38)39(29-9-7-8-28(36)22(29)3)30-16-35(4,5)17-31(40)33(30)32/h7-15,32H,16-17,19,38H2,1-6H3. The zero-order valence-corrected chi connectivity index (χ0v) is 25.7. The average Bonchev–Trinajstić information content (AvgIpc) is 2.94. The van der Waals surface area contributed by atoms with Crippen LogP contribution in [0.3, 0.4) is 0 Å². The number of ether oxygens (including phenoxy) is 2. The first-order chi connectivity index (χ1) is 20.0. The summed E-state index contributed by atoms with van der Waals surface area (Å²) in [6.07, 6.45) is 1.02. The van der Waals surface area contributed by atoms with Gasteiger partial charge in [0.2, 0.25) is 0 Å². The van der Waals surface area contributed by atoms with E-state index in [1.807, 2.05) is 68.1 Å². The Hall–Kier alpha value is -4.21. The van der Waals surface area contributed by atoms with E-state index in [1.54, 1.807) is 7.11 Å². The number of nitrogens with zero attached hydrogens (tertiary/aromatic N) is 2. The topological polar surface area (TPSA) is 88.6 Å². The van der Waals surface area contributed by atoms with Crippen molar-refractivity contribution in [2.45, 2.75) is 60.0 Å². The van der Waals surface area contributed by atoms with E-state index in [2.05, 4.69) is 32.0 Å². The maximum atomic E-state index is 14.0. The number of rotatable bonds is 6. The highest BCUT2D eigenvalue weighted by Gasteiger charge is 2.45. The van der Waals surface area contributed by atoms with Crippen LogP contribution in [0.1, 0.15) is 60.4 Å². The van der Waals surface area contributed by atoms with Crippen molar-refractivity contribution in [1.82, 2.24) is 0 Å². The van der Waals surface area contributed by atoms with Gasteiger partial charge in [-0.05, 0) is 96.8 Å². The minimum atomic E-state index is -0.579. The minimum Gasteiger partial charge on any atom is -0.497 e. The summed E-state index contributed by atoms with van der Waals surface area (Å²) in [5.41, 5.74) is 14.0. The van der Waals surface area contributed by atoms with Crippen LogP contribution in [0.5, 0.6) is 11.5 Å². The lowest BCUT2D eigenvalue weighted by atomic mass is 9.68. The molecule has 0 bridgehead atoms. The van der Waals surface area contributed by atoms with Crippen LogP contribution in [0, 0.1) is 37.5 Å². The Labute approximate surface area is 253 Å².